The van der Waals surface area contributed by atoms with Crippen molar-refractivity contribution in [1.82, 2.24) is 5.43 Å². The first-order chi connectivity index (χ1) is 4.97. The number of allylic oxidation sites excluding steroid dienone is 1. The molecule has 0 amide bonds. The van der Waals surface area contributed by atoms with E-state index in [9.17, 15) is 13.2 Å². The van der Waals surface area contributed by atoms with Crippen LogP contribution in [-0.2, 0) is 4.74 Å². The highest BCUT2D eigenvalue weighted by atomic mass is 19.4. The van der Waals surface area contributed by atoms with E-state index in [1.165, 1.54) is 6.92 Å². The van der Waals surface area contributed by atoms with Crippen molar-refractivity contribution in [3.8, 4) is 0 Å². The Labute approximate surface area is 60.5 Å². The average molecular weight is 165 g/mol. The van der Waals surface area contributed by atoms with Crippen molar-refractivity contribution in [2.24, 2.45) is 5.10 Å². The molecule has 1 heterocycles. The molecule has 1 aliphatic rings. The van der Waals surface area contributed by atoms with E-state index in [0.717, 1.165) is 6.08 Å². The molecule has 0 saturated carbocycles. The van der Waals surface area contributed by atoms with Crippen LogP contribution in [0, 0.1) is 0 Å². The van der Waals surface area contributed by atoms with Gasteiger partial charge in [-0.2, -0.15) is 5.43 Å². The first-order valence-electron chi connectivity index (χ1n) is 2.70. The summed E-state index contributed by atoms with van der Waals surface area (Å²) >= 11 is 0. The van der Waals surface area contributed by atoms with E-state index in [-0.39, 0.29) is 0 Å². The SMILES string of the molecule is CC1=CC(OC(F)(F)F)=N[N]1. The van der Waals surface area contributed by atoms with Crippen molar-refractivity contribution in [2.45, 2.75) is 13.3 Å². The number of halogens is 3. The lowest BCUT2D eigenvalue weighted by atomic mass is 10.5. The average Bonchev–Trinajstić information content (AvgIpc) is 2.10. The third kappa shape index (κ3) is 2.48. The van der Waals surface area contributed by atoms with E-state index in [1.54, 1.807) is 0 Å². The Bertz CT molecular complexity index is 218. The minimum atomic E-state index is -4.69. The van der Waals surface area contributed by atoms with Gasteiger partial charge < -0.3 is 4.74 Å². The number of hydrogen-bond donors (Lipinski definition) is 0. The molecule has 1 rings (SSSR count). The minimum Gasteiger partial charge on any atom is -0.386 e. The van der Waals surface area contributed by atoms with Gasteiger partial charge in [-0.15, -0.1) is 18.3 Å². The number of alkyl halides is 3. The van der Waals surface area contributed by atoms with E-state index in [1.807, 2.05) is 0 Å². The van der Waals surface area contributed by atoms with Crippen LogP contribution >= 0.6 is 0 Å². The van der Waals surface area contributed by atoms with Gasteiger partial charge in [0, 0.05) is 6.08 Å². The summed E-state index contributed by atoms with van der Waals surface area (Å²) < 4.78 is 37.8. The van der Waals surface area contributed by atoms with Gasteiger partial charge in [0.25, 0.3) is 0 Å². The monoisotopic (exact) mass is 165 g/mol. The van der Waals surface area contributed by atoms with Crippen LogP contribution < -0.4 is 5.43 Å². The van der Waals surface area contributed by atoms with Crippen molar-refractivity contribution >= 4 is 5.90 Å². The van der Waals surface area contributed by atoms with Crippen LogP contribution in [0.5, 0.6) is 0 Å². The third-order valence-electron chi connectivity index (χ3n) is 0.859. The highest BCUT2D eigenvalue weighted by molar-refractivity contribution is 5.89. The quantitative estimate of drug-likeness (QED) is 0.533. The molecule has 0 aromatic heterocycles. The molecule has 6 heteroatoms. The number of rotatable bonds is 0. The highest BCUT2D eigenvalue weighted by Crippen LogP contribution is 2.18. The summed E-state index contributed by atoms with van der Waals surface area (Å²) in [7, 11) is 0. The van der Waals surface area contributed by atoms with Gasteiger partial charge in [0.2, 0.25) is 5.90 Å². The lowest BCUT2D eigenvalue weighted by Gasteiger charge is -2.04. The second-order valence-electron chi connectivity index (χ2n) is 1.87. The molecule has 0 aliphatic carbocycles. The van der Waals surface area contributed by atoms with Gasteiger partial charge in [-0.05, 0) is 6.92 Å². The fraction of sp³-hybridized carbons (Fsp3) is 0.400. The molecule has 0 aromatic carbocycles. The van der Waals surface area contributed by atoms with Gasteiger partial charge in [0.15, 0.2) is 0 Å². The predicted octanol–water partition coefficient (Wildman–Crippen LogP) is 1.36. The smallest absolute Gasteiger partial charge is 0.386 e. The Balaban J connectivity index is 2.53. The molecule has 11 heavy (non-hydrogen) atoms. The minimum absolute atomic E-state index is 0.393. The van der Waals surface area contributed by atoms with Gasteiger partial charge in [-0.3, -0.25) is 0 Å². The van der Waals surface area contributed by atoms with E-state index in [2.05, 4.69) is 15.3 Å². The Morgan fingerprint density at radius 1 is 1.45 bits per heavy atom. The highest BCUT2D eigenvalue weighted by Gasteiger charge is 2.33. The van der Waals surface area contributed by atoms with Crippen LogP contribution in [0.4, 0.5) is 13.2 Å². The zero-order chi connectivity index (χ0) is 8.48. The van der Waals surface area contributed by atoms with Gasteiger partial charge in [-0.25, -0.2) is 0 Å². The van der Waals surface area contributed by atoms with Crippen LogP contribution in [0.25, 0.3) is 0 Å². The summed E-state index contributed by atoms with van der Waals surface area (Å²) in [4.78, 5) is 0. The molecule has 0 unspecified atom stereocenters. The third-order valence-corrected chi connectivity index (χ3v) is 0.859. The van der Waals surface area contributed by atoms with Gasteiger partial charge in [-0.1, -0.05) is 0 Å². The Kier molecular flexibility index (Phi) is 1.76. The largest absolute Gasteiger partial charge is 0.574 e. The van der Waals surface area contributed by atoms with Crippen LogP contribution in [0.3, 0.4) is 0 Å². The van der Waals surface area contributed by atoms with E-state index in [4.69, 9.17) is 0 Å². The molecule has 0 N–H and O–H groups in total. The number of ether oxygens (including phenoxy) is 1. The molecule has 0 fully saturated rings. The first-order valence-corrected chi connectivity index (χ1v) is 2.70. The zero-order valence-corrected chi connectivity index (χ0v) is 5.51. The molecular formula is C5H4F3N2O. The molecular weight excluding hydrogens is 161 g/mol. The van der Waals surface area contributed by atoms with Crippen molar-refractivity contribution in [1.29, 1.82) is 0 Å². The molecule has 0 saturated heterocycles. The summed E-state index contributed by atoms with van der Waals surface area (Å²) in [5.41, 5.74) is 3.72. The second-order valence-corrected chi connectivity index (χ2v) is 1.87. The van der Waals surface area contributed by atoms with Crippen LogP contribution in [0.1, 0.15) is 6.92 Å². The summed E-state index contributed by atoms with van der Waals surface area (Å²) in [6, 6.07) is 0. The Morgan fingerprint density at radius 3 is 2.45 bits per heavy atom. The predicted molar refractivity (Wildman–Crippen MR) is 30.5 cm³/mol. The van der Waals surface area contributed by atoms with E-state index in [0.29, 0.717) is 5.70 Å². The summed E-state index contributed by atoms with van der Waals surface area (Å²) in [5, 5.41) is 3.11. The normalized spacial score (nSPS) is 17.1. The summed E-state index contributed by atoms with van der Waals surface area (Å²) in [6.07, 6.45) is -3.58. The number of nitrogens with zero attached hydrogens (tertiary/aromatic N) is 2. The first kappa shape index (κ1) is 7.90. The van der Waals surface area contributed by atoms with Gasteiger partial charge in [0.05, 0.1) is 5.70 Å². The topological polar surface area (TPSA) is 35.7 Å². The molecule has 1 radical (unpaired) electrons. The molecule has 1 aliphatic heterocycles. The Morgan fingerprint density at radius 2 is 2.09 bits per heavy atom. The molecule has 0 aromatic rings. The molecule has 61 valence electrons. The fourth-order valence-corrected chi connectivity index (χ4v) is 0.533. The fourth-order valence-electron chi connectivity index (χ4n) is 0.533. The maximum atomic E-state index is 11.5. The Hall–Kier alpha value is -1.20. The van der Waals surface area contributed by atoms with Crippen molar-refractivity contribution in [2.75, 3.05) is 0 Å². The summed E-state index contributed by atoms with van der Waals surface area (Å²) in [5.74, 6) is -0.519. The van der Waals surface area contributed by atoms with Crippen molar-refractivity contribution < 1.29 is 17.9 Å². The van der Waals surface area contributed by atoms with E-state index >= 15 is 0 Å². The summed E-state index contributed by atoms with van der Waals surface area (Å²) in [6.45, 7) is 1.52. The second kappa shape index (κ2) is 2.44. The molecule has 0 bridgehead atoms. The molecule has 3 nitrogen and oxygen atoms in total. The number of hydrogen-bond acceptors (Lipinski definition) is 2. The van der Waals surface area contributed by atoms with E-state index < -0.39 is 12.3 Å². The van der Waals surface area contributed by atoms with Gasteiger partial charge >= 0.3 is 6.36 Å². The van der Waals surface area contributed by atoms with Crippen LogP contribution in [0.15, 0.2) is 16.9 Å². The van der Waals surface area contributed by atoms with Crippen LogP contribution in [0.2, 0.25) is 0 Å². The van der Waals surface area contributed by atoms with Crippen molar-refractivity contribution in [3.05, 3.63) is 11.8 Å². The molecule has 0 atom stereocenters. The van der Waals surface area contributed by atoms with Gasteiger partial charge in [0.1, 0.15) is 0 Å². The maximum Gasteiger partial charge on any atom is 0.574 e. The standard InChI is InChI=1S/C5H4F3N2O/c1-3-2-4(10-9-3)11-5(6,7)8/h2H,1H3. The lowest BCUT2D eigenvalue weighted by molar-refractivity contribution is -0.282. The maximum absolute atomic E-state index is 11.5. The van der Waals surface area contributed by atoms with Crippen molar-refractivity contribution in [3.63, 3.8) is 0 Å². The lowest BCUT2D eigenvalue weighted by Crippen LogP contribution is -2.17. The molecule has 0 spiro atoms. The zero-order valence-electron chi connectivity index (χ0n) is 5.51. The van der Waals surface area contributed by atoms with Crippen LogP contribution in [-0.4, -0.2) is 12.3 Å².